The van der Waals surface area contributed by atoms with Gasteiger partial charge in [0.15, 0.2) is 17.1 Å². The third-order valence-corrected chi connectivity index (χ3v) is 5.79. The second-order valence-electron chi connectivity index (χ2n) is 7.84. The van der Waals surface area contributed by atoms with Gasteiger partial charge in [0, 0.05) is 37.1 Å². The molecule has 156 valence electrons. The first kappa shape index (κ1) is 19.1. The quantitative estimate of drug-likeness (QED) is 0.437. The summed E-state index contributed by atoms with van der Waals surface area (Å²) in [5, 5.41) is 5.69. The first-order valence-corrected chi connectivity index (χ1v) is 10.1. The van der Waals surface area contributed by atoms with Gasteiger partial charge in [-0.25, -0.2) is 14.5 Å². The smallest absolute Gasteiger partial charge is 0.182 e. The lowest BCUT2D eigenvalue weighted by Gasteiger charge is -2.11. The van der Waals surface area contributed by atoms with Crippen LogP contribution in [0.4, 0.5) is 5.69 Å². The van der Waals surface area contributed by atoms with Crippen molar-refractivity contribution in [1.82, 2.24) is 24.1 Å². The third kappa shape index (κ3) is 3.01. The highest BCUT2D eigenvalue weighted by molar-refractivity contribution is 5.95. The Hall–Kier alpha value is -3.87. The Kier molecular flexibility index (Phi) is 4.39. The van der Waals surface area contributed by atoms with Crippen molar-refractivity contribution in [3.63, 3.8) is 0 Å². The zero-order valence-corrected chi connectivity index (χ0v) is 18.3. The maximum Gasteiger partial charge on any atom is 0.182 e. The van der Waals surface area contributed by atoms with Crippen molar-refractivity contribution in [3.8, 4) is 22.8 Å². The topological polar surface area (TPSA) is 60.5 Å². The third-order valence-electron chi connectivity index (χ3n) is 5.79. The second-order valence-corrected chi connectivity index (χ2v) is 7.84. The highest BCUT2D eigenvalue weighted by atomic mass is 16.5. The van der Waals surface area contributed by atoms with Crippen molar-refractivity contribution in [2.75, 3.05) is 26.1 Å². The molecule has 31 heavy (non-hydrogen) atoms. The number of rotatable bonds is 4. The SMILES string of the molecule is COc1cccc(-n2c(C)c(C)c3c2ncn2nc(-c4ccc(N(C)C)cc4)nc32)c1. The van der Waals surface area contributed by atoms with Crippen molar-refractivity contribution >= 4 is 22.4 Å². The van der Waals surface area contributed by atoms with E-state index in [0.29, 0.717) is 5.82 Å². The summed E-state index contributed by atoms with van der Waals surface area (Å²) in [4.78, 5) is 11.7. The number of fused-ring (bicyclic) bond motifs is 3. The number of hydrogen-bond acceptors (Lipinski definition) is 5. The summed E-state index contributed by atoms with van der Waals surface area (Å²) in [6.45, 7) is 4.21. The van der Waals surface area contributed by atoms with Gasteiger partial charge in [-0.15, -0.1) is 5.10 Å². The summed E-state index contributed by atoms with van der Waals surface area (Å²) in [6, 6.07) is 16.2. The average molecular weight is 412 g/mol. The molecule has 0 saturated carbocycles. The lowest BCUT2D eigenvalue weighted by molar-refractivity contribution is 0.414. The van der Waals surface area contributed by atoms with Crippen LogP contribution in [0.25, 0.3) is 33.8 Å². The average Bonchev–Trinajstić information content (AvgIpc) is 3.33. The van der Waals surface area contributed by atoms with E-state index >= 15 is 0 Å². The van der Waals surface area contributed by atoms with E-state index in [0.717, 1.165) is 50.6 Å². The molecule has 0 unspecified atom stereocenters. The van der Waals surface area contributed by atoms with Crippen LogP contribution < -0.4 is 9.64 Å². The molecular weight excluding hydrogens is 388 g/mol. The first-order chi connectivity index (χ1) is 15.0. The highest BCUT2D eigenvalue weighted by Crippen LogP contribution is 2.31. The minimum atomic E-state index is 0.686. The lowest BCUT2D eigenvalue weighted by Crippen LogP contribution is -2.07. The molecule has 3 aromatic heterocycles. The van der Waals surface area contributed by atoms with Crippen LogP contribution in [0.2, 0.25) is 0 Å². The monoisotopic (exact) mass is 412 g/mol. The van der Waals surface area contributed by atoms with Gasteiger partial charge in [0.1, 0.15) is 12.1 Å². The molecule has 0 bridgehead atoms. The molecule has 0 aliphatic rings. The number of aryl methyl sites for hydroxylation is 1. The summed E-state index contributed by atoms with van der Waals surface area (Å²) in [5.41, 5.74) is 7.03. The van der Waals surface area contributed by atoms with Crippen LogP contribution in [-0.2, 0) is 0 Å². The van der Waals surface area contributed by atoms with Gasteiger partial charge < -0.3 is 9.64 Å². The summed E-state index contributed by atoms with van der Waals surface area (Å²) in [7, 11) is 5.73. The fourth-order valence-corrected chi connectivity index (χ4v) is 3.96. The van der Waals surface area contributed by atoms with Gasteiger partial charge in [0.05, 0.1) is 18.2 Å². The fraction of sp³-hybridized carbons (Fsp3) is 0.208. The maximum atomic E-state index is 5.42. The van der Waals surface area contributed by atoms with Crippen LogP contribution in [0.3, 0.4) is 0 Å². The molecule has 0 aliphatic heterocycles. The van der Waals surface area contributed by atoms with Crippen LogP contribution in [0.5, 0.6) is 5.75 Å². The highest BCUT2D eigenvalue weighted by Gasteiger charge is 2.19. The Bertz CT molecular complexity index is 1410. The van der Waals surface area contributed by atoms with Crippen LogP contribution in [0.15, 0.2) is 54.9 Å². The fourth-order valence-electron chi connectivity index (χ4n) is 3.96. The summed E-state index contributed by atoms with van der Waals surface area (Å²) < 4.78 is 9.33. The predicted molar refractivity (Wildman–Crippen MR) is 123 cm³/mol. The number of anilines is 1. The minimum Gasteiger partial charge on any atom is -0.497 e. The molecule has 0 aliphatic carbocycles. The van der Waals surface area contributed by atoms with E-state index in [1.54, 1.807) is 18.0 Å². The molecule has 3 heterocycles. The van der Waals surface area contributed by atoms with Gasteiger partial charge in [-0.05, 0) is 55.8 Å². The van der Waals surface area contributed by atoms with Crippen molar-refractivity contribution < 1.29 is 4.74 Å². The molecule has 0 spiro atoms. The molecule has 0 amide bonds. The molecule has 2 aromatic carbocycles. The zero-order chi connectivity index (χ0) is 21.7. The molecule has 0 atom stereocenters. The Balaban J connectivity index is 1.70. The maximum absolute atomic E-state index is 5.42. The van der Waals surface area contributed by atoms with E-state index in [-0.39, 0.29) is 0 Å². The zero-order valence-electron chi connectivity index (χ0n) is 18.3. The normalized spacial score (nSPS) is 11.4. The number of hydrogen-bond donors (Lipinski definition) is 0. The number of methoxy groups -OCH3 is 1. The van der Waals surface area contributed by atoms with Crippen LogP contribution in [-0.4, -0.2) is 45.4 Å². The molecule has 7 nitrogen and oxygen atoms in total. The molecule has 0 radical (unpaired) electrons. The molecule has 5 aromatic rings. The van der Waals surface area contributed by atoms with Gasteiger partial charge in [-0.3, -0.25) is 4.57 Å². The number of nitrogens with zero attached hydrogens (tertiary/aromatic N) is 6. The first-order valence-electron chi connectivity index (χ1n) is 10.1. The molecule has 0 fully saturated rings. The minimum absolute atomic E-state index is 0.686. The van der Waals surface area contributed by atoms with Crippen molar-refractivity contribution in [3.05, 3.63) is 66.1 Å². The summed E-state index contributed by atoms with van der Waals surface area (Å²) in [5.74, 6) is 1.49. The Morgan fingerprint density at radius 1 is 0.968 bits per heavy atom. The van der Waals surface area contributed by atoms with Crippen LogP contribution >= 0.6 is 0 Å². The summed E-state index contributed by atoms with van der Waals surface area (Å²) in [6.07, 6.45) is 1.73. The van der Waals surface area contributed by atoms with E-state index in [4.69, 9.17) is 14.7 Å². The predicted octanol–water partition coefficient (Wildman–Crippen LogP) is 4.43. The molecule has 7 heteroatoms. The van der Waals surface area contributed by atoms with Gasteiger partial charge in [-0.2, -0.15) is 0 Å². The number of ether oxygens (including phenoxy) is 1. The van der Waals surface area contributed by atoms with E-state index < -0.39 is 0 Å². The van der Waals surface area contributed by atoms with Crippen LogP contribution in [0, 0.1) is 13.8 Å². The van der Waals surface area contributed by atoms with Gasteiger partial charge in [-0.1, -0.05) is 6.07 Å². The van der Waals surface area contributed by atoms with Gasteiger partial charge in [0.25, 0.3) is 0 Å². The molecular formula is C24H24N6O. The van der Waals surface area contributed by atoms with E-state index in [1.165, 1.54) is 0 Å². The van der Waals surface area contributed by atoms with Gasteiger partial charge >= 0.3 is 0 Å². The molecule has 5 rings (SSSR count). The van der Waals surface area contributed by atoms with Gasteiger partial charge in [0.2, 0.25) is 0 Å². The number of aromatic nitrogens is 5. The second kappa shape index (κ2) is 7.12. The Morgan fingerprint density at radius 3 is 2.45 bits per heavy atom. The Labute approximate surface area is 180 Å². The van der Waals surface area contributed by atoms with E-state index in [1.807, 2.05) is 44.4 Å². The molecule has 0 saturated heterocycles. The van der Waals surface area contributed by atoms with Crippen molar-refractivity contribution in [1.29, 1.82) is 0 Å². The van der Waals surface area contributed by atoms with Crippen LogP contribution in [0.1, 0.15) is 11.3 Å². The van der Waals surface area contributed by atoms with E-state index in [2.05, 4.69) is 46.6 Å². The standard InChI is InChI=1S/C24H24N6O/c1-15-16(2)30(19-7-6-8-20(13-19)31-5)23-21(15)24-26-22(27-29(24)14-25-23)17-9-11-18(12-10-17)28(3)4/h6-14H,1-5H3. The largest absolute Gasteiger partial charge is 0.497 e. The van der Waals surface area contributed by atoms with E-state index in [9.17, 15) is 0 Å². The van der Waals surface area contributed by atoms with Crippen molar-refractivity contribution in [2.45, 2.75) is 13.8 Å². The number of benzene rings is 2. The van der Waals surface area contributed by atoms with Crippen molar-refractivity contribution in [2.24, 2.45) is 0 Å². The molecule has 0 N–H and O–H groups in total. The lowest BCUT2D eigenvalue weighted by atomic mass is 10.2. The summed E-state index contributed by atoms with van der Waals surface area (Å²) >= 11 is 0. The Morgan fingerprint density at radius 2 is 1.74 bits per heavy atom.